The molecule has 0 aromatic heterocycles. The van der Waals surface area contributed by atoms with Gasteiger partial charge in [-0.15, -0.1) is 0 Å². The van der Waals surface area contributed by atoms with Gasteiger partial charge in [0.2, 0.25) is 5.70 Å². The maximum atomic E-state index is 12.3. The fourth-order valence-corrected chi connectivity index (χ4v) is 4.10. The quantitative estimate of drug-likeness (QED) is 0.669. The maximum Gasteiger partial charge on any atom is 0.226 e. The van der Waals surface area contributed by atoms with Crippen molar-refractivity contribution in [3.8, 4) is 0 Å². The lowest BCUT2D eigenvalue weighted by atomic mass is 9.51. The van der Waals surface area contributed by atoms with Crippen LogP contribution in [0.3, 0.4) is 0 Å². The van der Waals surface area contributed by atoms with Gasteiger partial charge in [0.1, 0.15) is 0 Å². The van der Waals surface area contributed by atoms with Crippen LogP contribution in [-0.4, -0.2) is 16.5 Å². The van der Waals surface area contributed by atoms with Crippen LogP contribution < -0.4 is 0 Å². The molecule has 0 aliphatic heterocycles. The monoisotopic (exact) mass is 247 g/mol. The first-order valence-corrected chi connectivity index (χ1v) is 6.50. The first-order valence-electron chi connectivity index (χ1n) is 6.50. The third-order valence-corrected chi connectivity index (χ3v) is 4.81. The fraction of sp³-hybridized carbons (Fsp3) is 0.733. The van der Waals surface area contributed by atoms with Crippen LogP contribution in [0.15, 0.2) is 11.8 Å². The number of fused-ring (bicyclic) bond motifs is 1. The van der Waals surface area contributed by atoms with Crippen molar-refractivity contribution >= 4 is 5.78 Å². The molecule has 0 radical (unpaired) electrons. The van der Waals surface area contributed by atoms with Crippen molar-refractivity contribution in [3.05, 3.63) is 23.2 Å². The van der Waals surface area contributed by atoms with Crippen molar-refractivity contribution in [2.75, 3.05) is 0 Å². The number of rotatable bonds is 0. The molecule has 0 spiro atoms. The summed E-state index contributed by atoms with van der Waals surface area (Å²) in [5, 5.41) is 10.3. The Hall–Kier alpha value is -1.14. The van der Waals surface area contributed by atoms with Crippen LogP contribution in [-0.2, 0) is 4.79 Å². The molecule has 0 bridgehead atoms. The summed E-state index contributed by atoms with van der Waals surface area (Å²) in [5.41, 5.74) is -1.19. The lowest BCUT2D eigenvalue weighted by Crippen LogP contribution is -2.52. The molecule has 18 heavy (non-hydrogen) atoms. The van der Waals surface area contributed by atoms with Gasteiger partial charge in [0.25, 0.3) is 0 Å². The zero-order valence-electron chi connectivity index (χ0n) is 11.6. The lowest BCUT2D eigenvalue weighted by Gasteiger charge is -2.54. The minimum absolute atomic E-state index is 0.0403. The van der Waals surface area contributed by atoms with Gasteiger partial charge in [0, 0.05) is 5.41 Å². The number of ketones is 1. The predicted octanol–water partition coefficient (Wildman–Crippen LogP) is 2.96. The molecule has 1 saturated carbocycles. The molecule has 0 amide bonds. The Labute approximate surface area is 109 Å². The maximum absolute atomic E-state index is 12.3. The number of hydrogen-bond acceptors (Lipinski definition) is 2. The second-order valence-corrected chi connectivity index (χ2v) is 6.96. The van der Waals surface area contributed by atoms with Crippen LogP contribution in [0.5, 0.6) is 0 Å². The molecule has 3 atom stereocenters. The van der Waals surface area contributed by atoms with Crippen molar-refractivity contribution in [1.29, 1.82) is 0 Å². The number of Topliss-reactive ketones (excluding diaryl/α,β-unsaturated/α-hetero) is 1. The van der Waals surface area contributed by atoms with E-state index < -0.39 is 11.0 Å². The van der Waals surface area contributed by atoms with Gasteiger partial charge in [0.15, 0.2) is 5.78 Å². The van der Waals surface area contributed by atoms with Gasteiger partial charge < -0.3 is 9.90 Å². The number of nitrogens with zero attached hydrogens (tertiary/aromatic N) is 1. The zero-order chi connectivity index (χ0) is 13.8. The van der Waals surface area contributed by atoms with Gasteiger partial charge in [-0.05, 0) is 37.5 Å². The number of hydrogen-bond donors (Lipinski definition) is 1. The highest BCUT2D eigenvalue weighted by molar-refractivity contribution is 6.02. The Morgan fingerprint density at radius 3 is 2.56 bits per heavy atom. The van der Waals surface area contributed by atoms with Crippen molar-refractivity contribution < 1.29 is 9.90 Å². The summed E-state index contributed by atoms with van der Waals surface area (Å²) in [6, 6.07) is 0. The van der Waals surface area contributed by atoms with E-state index in [0.717, 1.165) is 12.8 Å². The largest absolute Gasteiger partial charge is 0.390 e. The normalized spacial score (nSPS) is 42.8. The third kappa shape index (κ3) is 1.80. The average Bonchev–Trinajstić information content (AvgIpc) is 2.21. The van der Waals surface area contributed by atoms with E-state index in [1.807, 2.05) is 26.8 Å². The Morgan fingerprint density at radius 1 is 1.39 bits per heavy atom. The van der Waals surface area contributed by atoms with Gasteiger partial charge in [-0.1, -0.05) is 26.8 Å². The van der Waals surface area contributed by atoms with E-state index >= 15 is 0 Å². The minimum Gasteiger partial charge on any atom is -0.390 e. The molecule has 0 aromatic rings. The molecule has 2 rings (SSSR count). The van der Waals surface area contributed by atoms with Gasteiger partial charge in [-0.25, -0.2) is 4.85 Å². The number of aliphatic hydroxyl groups is 1. The summed E-state index contributed by atoms with van der Waals surface area (Å²) < 4.78 is 0. The van der Waals surface area contributed by atoms with E-state index in [0.29, 0.717) is 6.42 Å². The van der Waals surface area contributed by atoms with Crippen molar-refractivity contribution in [2.45, 2.75) is 52.6 Å². The van der Waals surface area contributed by atoms with E-state index in [1.54, 1.807) is 0 Å². The molecular formula is C15H21NO2. The Kier molecular flexibility index (Phi) is 2.72. The molecule has 0 saturated heterocycles. The van der Waals surface area contributed by atoms with E-state index in [4.69, 9.17) is 6.57 Å². The first-order chi connectivity index (χ1) is 8.12. The van der Waals surface area contributed by atoms with E-state index in [1.165, 1.54) is 0 Å². The summed E-state index contributed by atoms with van der Waals surface area (Å²) >= 11 is 0. The Morgan fingerprint density at radius 2 is 2.00 bits per heavy atom. The highest BCUT2D eigenvalue weighted by atomic mass is 16.3. The highest BCUT2D eigenvalue weighted by Crippen LogP contribution is 2.57. The molecule has 98 valence electrons. The molecule has 2 aliphatic rings. The SMILES string of the molecule is [C-]#[N+]C1=C[C@@]2(C)C[C@@](C)(O)CC[C@@H]2C(C)(C)C1=O. The molecule has 1 fully saturated rings. The topological polar surface area (TPSA) is 41.7 Å². The number of allylic oxidation sites excluding steroid dienone is 2. The standard InChI is InChI=1S/C15H21NO2/c1-13(2)11-6-7-15(4,18)9-14(11,3)8-10(16-5)12(13)17/h8,11,18H,6-7,9H2,1-4H3/t11-,14+,15+/m1/s1. The Balaban J connectivity index is 2.53. The van der Waals surface area contributed by atoms with Crippen LogP contribution in [0.2, 0.25) is 0 Å². The fourth-order valence-electron chi connectivity index (χ4n) is 4.10. The molecule has 3 nitrogen and oxygen atoms in total. The van der Waals surface area contributed by atoms with Crippen LogP contribution in [0.4, 0.5) is 0 Å². The van der Waals surface area contributed by atoms with Gasteiger partial charge in [-0.3, -0.25) is 0 Å². The van der Waals surface area contributed by atoms with Crippen LogP contribution in [0, 0.1) is 23.3 Å². The predicted molar refractivity (Wildman–Crippen MR) is 69.5 cm³/mol. The molecular weight excluding hydrogens is 226 g/mol. The van der Waals surface area contributed by atoms with E-state index in [-0.39, 0.29) is 22.8 Å². The molecule has 1 N–H and O–H groups in total. The molecule has 0 heterocycles. The van der Waals surface area contributed by atoms with Crippen molar-refractivity contribution in [1.82, 2.24) is 0 Å². The second-order valence-electron chi connectivity index (χ2n) is 6.96. The van der Waals surface area contributed by atoms with Crippen LogP contribution in [0.1, 0.15) is 47.0 Å². The van der Waals surface area contributed by atoms with Gasteiger partial charge in [0.05, 0.1) is 12.2 Å². The number of carbonyl (C=O) groups excluding carboxylic acids is 1. The third-order valence-electron chi connectivity index (χ3n) is 4.81. The second kappa shape index (κ2) is 3.68. The van der Waals surface area contributed by atoms with Crippen LogP contribution >= 0.6 is 0 Å². The van der Waals surface area contributed by atoms with Crippen molar-refractivity contribution in [3.63, 3.8) is 0 Å². The molecule has 0 unspecified atom stereocenters. The lowest BCUT2D eigenvalue weighted by molar-refractivity contribution is -0.136. The molecule has 2 aliphatic carbocycles. The van der Waals surface area contributed by atoms with E-state index in [2.05, 4.69) is 11.8 Å². The van der Waals surface area contributed by atoms with Gasteiger partial charge >= 0.3 is 0 Å². The first kappa shape index (κ1) is 13.3. The molecule has 0 aromatic carbocycles. The molecule has 3 heteroatoms. The highest BCUT2D eigenvalue weighted by Gasteiger charge is 2.55. The average molecular weight is 247 g/mol. The summed E-state index contributed by atoms with van der Waals surface area (Å²) in [5.74, 6) is 0.171. The number of carbonyl (C=O) groups is 1. The van der Waals surface area contributed by atoms with Gasteiger partial charge in [-0.2, -0.15) is 0 Å². The minimum atomic E-state index is -0.689. The van der Waals surface area contributed by atoms with Crippen molar-refractivity contribution in [2.24, 2.45) is 16.7 Å². The summed E-state index contributed by atoms with van der Waals surface area (Å²) in [4.78, 5) is 15.7. The Bertz CT molecular complexity index is 467. The summed E-state index contributed by atoms with van der Waals surface area (Å²) in [6.07, 6.45) is 4.00. The zero-order valence-corrected chi connectivity index (χ0v) is 11.6. The summed E-state index contributed by atoms with van der Waals surface area (Å²) in [7, 11) is 0. The van der Waals surface area contributed by atoms with E-state index in [9.17, 15) is 9.90 Å². The summed E-state index contributed by atoms with van der Waals surface area (Å²) in [6.45, 7) is 15.0. The smallest absolute Gasteiger partial charge is 0.226 e. The van der Waals surface area contributed by atoms with Crippen LogP contribution in [0.25, 0.3) is 4.85 Å².